The maximum Gasteiger partial charge on any atom is 0.168 e. The average Bonchev–Trinajstić information content (AvgIpc) is 3.68. The van der Waals surface area contributed by atoms with E-state index in [4.69, 9.17) is 4.98 Å². The molecule has 2 atom stereocenters. The molecule has 0 radical (unpaired) electrons. The van der Waals surface area contributed by atoms with E-state index in [0.717, 1.165) is 52.3 Å². The number of aromatic nitrogens is 2. The first-order valence-corrected chi connectivity index (χ1v) is 12.4. The quantitative estimate of drug-likeness (QED) is 0.516. The first kappa shape index (κ1) is 19.3. The predicted molar refractivity (Wildman–Crippen MR) is 125 cm³/mol. The number of hydrogen-bond acceptors (Lipinski definition) is 4. The molecule has 6 rings (SSSR count). The number of ketones is 1. The topological polar surface area (TPSA) is 46.9 Å². The number of carbonyl (C=O) groups is 1. The summed E-state index contributed by atoms with van der Waals surface area (Å²) in [5.74, 6) is 2.79. The molecule has 2 aromatic carbocycles. The molecule has 2 unspecified atom stereocenters. The SMILES string of the molecule is O=C(Cc1ccc(-c2cn3c(n2)SCC3)cc1)c1cccc(C2CC2NCC2CC2)c1. The molecular formula is C26H27N3OS. The van der Waals surface area contributed by atoms with Crippen molar-refractivity contribution in [2.45, 2.75) is 49.3 Å². The molecule has 2 heterocycles. The van der Waals surface area contributed by atoms with Crippen molar-refractivity contribution < 1.29 is 4.79 Å². The van der Waals surface area contributed by atoms with Crippen LogP contribution in [-0.2, 0) is 13.0 Å². The maximum absolute atomic E-state index is 12.9. The van der Waals surface area contributed by atoms with Gasteiger partial charge in [-0.25, -0.2) is 4.98 Å². The molecule has 1 N–H and O–H groups in total. The van der Waals surface area contributed by atoms with Gasteiger partial charge in [-0.2, -0.15) is 0 Å². The summed E-state index contributed by atoms with van der Waals surface area (Å²) in [6.07, 6.45) is 6.54. The summed E-state index contributed by atoms with van der Waals surface area (Å²) in [6.45, 7) is 2.20. The standard InChI is InChI=1S/C26H27N3OS/c30-25(21-3-1-2-20(13-21)22-14-23(22)27-15-18-4-5-18)12-17-6-8-19(9-7-17)24-16-29-10-11-31-26(29)28-24/h1-3,6-9,13,16,18,22-23,27H,4-5,10-12,14-15H2. The number of hydrogen-bond donors (Lipinski definition) is 1. The zero-order chi connectivity index (χ0) is 20.8. The number of thioether (sulfide) groups is 1. The van der Waals surface area contributed by atoms with Gasteiger partial charge in [0.15, 0.2) is 10.9 Å². The van der Waals surface area contributed by atoms with Gasteiger partial charge in [-0.15, -0.1) is 0 Å². The van der Waals surface area contributed by atoms with Crippen molar-refractivity contribution in [3.63, 3.8) is 0 Å². The Morgan fingerprint density at radius 3 is 2.84 bits per heavy atom. The monoisotopic (exact) mass is 429 g/mol. The van der Waals surface area contributed by atoms with E-state index < -0.39 is 0 Å². The second-order valence-electron chi connectivity index (χ2n) is 9.17. The lowest BCUT2D eigenvalue weighted by Gasteiger charge is -2.07. The lowest BCUT2D eigenvalue weighted by atomic mass is 9.99. The summed E-state index contributed by atoms with van der Waals surface area (Å²) in [7, 11) is 0. The van der Waals surface area contributed by atoms with Gasteiger partial charge in [-0.3, -0.25) is 4.79 Å². The maximum atomic E-state index is 12.9. The summed E-state index contributed by atoms with van der Waals surface area (Å²) in [4.78, 5) is 17.6. The van der Waals surface area contributed by atoms with Crippen LogP contribution in [0.15, 0.2) is 59.9 Å². The minimum absolute atomic E-state index is 0.190. The predicted octanol–water partition coefficient (Wildman–Crippen LogP) is 4.94. The Hall–Kier alpha value is -2.37. The molecule has 3 aromatic rings. The lowest BCUT2D eigenvalue weighted by Crippen LogP contribution is -2.20. The Morgan fingerprint density at radius 1 is 1.16 bits per heavy atom. The summed E-state index contributed by atoms with van der Waals surface area (Å²) >= 11 is 1.81. The van der Waals surface area contributed by atoms with E-state index in [1.807, 2.05) is 23.9 Å². The van der Waals surface area contributed by atoms with E-state index in [2.05, 4.69) is 52.5 Å². The first-order valence-electron chi connectivity index (χ1n) is 11.4. The van der Waals surface area contributed by atoms with Gasteiger partial charge in [-0.1, -0.05) is 54.2 Å². The molecule has 1 aromatic heterocycles. The van der Waals surface area contributed by atoms with Gasteiger partial charge >= 0.3 is 0 Å². The molecule has 4 nitrogen and oxygen atoms in total. The molecule has 5 heteroatoms. The number of nitrogens with one attached hydrogen (secondary N) is 1. The number of nitrogens with zero attached hydrogens (tertiary/aromatic N) is 2. The van der Waals surface area contributed by atoms with Crippen molar-refractivity contribution >= 4 is 17.5 Å². The van der Waals surface area contributed by atoms with Crippen LogP contribution in [0.1, 0.15) is 46.7 Å². The number of aryl methyl sites for hydroxylation is 1. The molecule has 31 heavy (non-hydrogen) atoms. The highest BCUT2D eigenvalue weighted by molar-refractivity contribution is 7.99. The number of imidazole rings is 1. The summed E-state index contributed by atoms with van der Waals surface area (Å²) < 4.78 is 2.22. The Balaban J connectivity index is 1.09. The Labute approximate surface area is 187 Å². The second-order valence-corrected chi connectivity index (χ2v) is 10.2. The number of fused-ring (bicyclic) bond motifs is 1. The van der Waals surface area contributed by atoms with Crippen LogP contribution in [0, 0.1) is 5.92 Å². The van der Waals surface area contributed by atoms with Crippen LogP contribution in [0.25, 0.3) is 11.3 Å². The molecule has 2 aliphatic carbocycles. The number of carbonyl (C=O) groups excluding carboxylic acids is 1. The van der Waals surface area contributed by atoms with Gasteiger partial charge in [0, 0.05) is 48.0 Å². The van der Waals surface area contributed by atoms with Crippen molar-refractivity contribution in [1.82, 2.24) is 14.9 Å². The fraction of sp³-hybridized carbons (Fsp3) is 0.385. The molecule has 0 spiro atoms. The Kier molecular flexibility index (Phi) is 4.96. The van der Waals surface area contributed by atoms with Gasteiger partial charge in [0.05, 0.1) is 5.69 Å². The van der Waals surface area contributed by atoms with E-state index in [-0.39, 0.29) is 5.78 Å². The average molecular weight is 430 g/mol. The molecule has 1 aliphatic heterocycles. The van der Waals surface area contributed by atoms with Crippen molar-refractivity contribution in [2.24, 2.45) is 5.92 Å². The number of benzene rings is 2. The normalized spacial score (nSPS) is 21.8. The van der Waals surface area contributed by atoms with Crippen LogP contribution in [0.4, 0.5) is 0 Å². The number of Topliss-reactive ketones (excluding diaryl/α,β-unsaturated/α-hetero) is 1. The fourth-order valence-electron chi connectivity index (χ4n) is 4.50. The largest absolute Gasteiger partial charge is 0.325 e. The lowest BCUT2D eigenvalue weighted by molar-refractivity contribution is 0.0993. The molecule has 0 saturated heterocycles. The van der Waals surface area contributed by atoms with E-state index in [1.54, 1.807) is 0 Å². The van der Waals surface area contributed by atoms with Gasteiger partial charge in [-0.05, 0) is 48.9 Å². The number of rotatable bonds is 8. The van der Waals surface area contributed by atoms with Crippen LogP contribution in [0.5, 0.6) is 0 Å². The van der Waals surface area contributed by atoms with Crippen LogP contribution in [0.2, 0.25) is 0 Å². The highest BCUT2D eigenvalue weighted by atomic mass is 32.2. The van der Waals surface area contributed by atoms with Gasteiger partial charge in [0.25, 0.3) is 0 Å². The fourth-order valence-corrected chi connectivity index (χ4v) is 5.44. The van der Waals surface area contributed by atoms with Crippen molar-refractivity contribution in [1.29, 1.82) is 0 Å². The minimum Gasteiger partial charge on any atom is -0.325 e. The molecular weight excluding hydrogens is 402 g/mol. The summed E-state index contributed by atoms with van der Waals surface area (Å²) in [5, 5.41) is 4.80. The zero-order valence-corrected chi connectivity index (χ0v) is 18.4. The minimum atomic E-state index is 0.190. The van der Waals surface area contributed by atoms with Gasteiger partial charge in [0.1, 0.15) is 0 Å². The molecule has 3 aliphatic rings. The highest BCUT2D eigenvalue weighted by Gasteiger charge is 2.39. The van der Waals surface area contributed by atoms with Crippen molar-refractivity contribution in [3.8, 4) is 11.3 Å². The summed E-state index contributed by atoms with van der Waals surface area (Å²) in [6, 6.07) is 17.2. The van der Waals surface area contributed by atoms with E-state index in [9.17, 15) is 4.79 Å². The smallest absolute Gasteiger partial charge is 0.168 e. The molecule has 158 valence electrons. The first-order chi connectivity index (χ1) is 15.2. The molecule has 2 fully saturated rings. The van der Waals surface area contributed by atoms with E-state index in [0.29, 0.717) is 18.4 Å². The molecule has 0 amide bonds. The zero-order valence-electron chi connectivity index (χ0n) is 17.6. The second kappa shape index (κ2) is 7.95. The van der Waals surface area contributed by atoms with Crippen molar-refractivity contribution in [3.05, 3.63) is 71.4 Å². The van der Waals surface area contributed by atoms with E-state index >= 15 is 0 Å². The third-order valence-corrected chi connectivity index (χ3v) is 7.68. The molecule has 2 saturated carbocycles. The highest BCUT2D eigenvalue weighted by Crippen LogP contribution is 2.42. The Bertz CT molecular complexity index is 1090. The van der Waals surface area contributed by atoms with Crippen LogP contribution in [-0.4, -0.2) is 33.7 Å². The van der Waals surface area contributed by atoms with E-state index in [1.165, 1.54) is 24.8 Å². The van der Waals surface area contributed by atoms with Crippen molar-refractivity contribution in [2.75, 3.05) is 12.3 Å². The van der Waals surface area contributed by atoms with Crippen LogP contribution in [0.3, 0.4) is 0 Å². The third kappa shape index (κ3) is 4.21. The Morgan fingerprint density at radius 2 is 2.03 bits per heavy atom. The van der Waals surface area contributed by atoms with Crippen LogP contribution >= 0.6 is 11.8 Å². The van der Waals surface area contributed by atoms with Gasteiger partial charge in [0.2, 0.25) is 0 Å². The summed E-state index contributed by atoms with van der Waals surface area (Å²) in [5.41, 5.74) is 5.31. The van der Waals surface area contributed by atoms with Gasteiger partial charge < -0.3 is 9.88 Å². The molecule has 0 bridgehead atoms. The third-order valence-electron chi connectivity index (χ3n) is 6.71. The van der Waals surface area contributed by atoms with Crippen LogP contribution < -0.4 is 5.32 Å².